The van der Waals surface area contributed by atoms with Gasteiger partial charge < -0.3 is 0 Å². The molecule has 0 heterocycles. The van der Waals surface area contributed by atoms with E-state index in [9.17, 15) is 8.78 Å². The topological polar surface area (TPSA) is 0 Å². The fraction of sp³-hybridized carbons (Fsp3) is 0.100. The molecule has 0 aliphatic rings. The fourth-order valence-corrected chi connectivity index (χ4v) is 3.17. The molecule has 0 amide bonds. The molecule has 3 aromatic carbocycles. The third kappa shape index (κ3) is 3.67. The molecule has 3 heteroatoms. The van der Waals surface area contributed by atoms with Crippen LogP contribution < -0.4 is 0 Å². The van der Waals surface area contributed by atoms with Crippen LogP contribution >= 0.6 is 15.9 Å². The van der Waals surface area contributed by atoms with Crippen molar-refractivity contribution in [2.24, 2.45) is 0 Å². The Morgan fingerprint density at radius 1 is 0.739 bits per heavy atom. The molecule has 3 rings (SSSR count). The van der Waals surface area contributed by atoms with Gasteiger partial charge in [-0.2, -0.15) is 0 Å². The van der Waals surface area contributed by atoms with Crippen LogP contribution in [0.15, 0.2) is 77.3 Å². The number of halogens is 3. The van der Waals surface area contributed by atoms with Crippen molar-refractivity contribution in [3.05, 3.63) is 106 Å². The molecule has 0 fully saturated rings. The minimum absolute atomic E-state index is 0.0370. The van der Waals surface area contributed by atoms with E-state index in [0.717, 1.165) is 21.2 Å². The van der Waals surface area contributed by atoms with Crippen LogP contribution in [0, 0.1) is 11.6 Å². The molecule has 0 aliphatic carbocycles. The summed E-state index contributed by atoms with van der Waals surface area (Å²) in [6.45, 7) is 0. The van der Waals surface area contributed by atoms with E-state index >= 15 is 0 Å². The first-order chi connectivity index (χ1) is 11.1. The Morgan fingerprint density at radius 2 is 1.43 bits per heavy atom. The molecule has 0 aliphatic heterocycles. The van der Waals surface area contributed by atoms with Gasteiger partial charge in [0.25, 0.3) is 0 Å². The Balaban J connectivity index is 2.04. The van der Waals surface area contributed by atoms with E-state index in [1.54, 1.807) is 6.07 Å². The van der Waals surface area contributed by atoms with Crippen molar-refractivity contribution in [2.75, 3.05) is 0 Å². The molecule has 0 aromatic heterocycles. The highest BCUT2D eigenvalue weighted by molar-refractivity contribution is 9.10. The lowest BCUT2D eigenvalue weighted by Crippen LogP contribution is -2.06. The van der Waals surface area contributed by atoms with Crippen LogP contribution in [0.5, 0.6) is 0 Å². The molecule has 0 spiro atoms. The Bertz CT molecular complexity index is 800. The molecular formula is C20H15BrF2. The molecule has 3 aromatic rings. The van der Waals surface area contributed by atoms with E-state index in [1.807, 2.05) is 54.6 Å². The smallest absolute Gasteiger partial charge is 0.159 e. The van der Waals surface area contributed by atoms with Gasteiger partial charge in [-0.1, -0.05) is 70.5 Å². The predicted octanol–water partition coefficient (Wildman–Crippen LogP) is 6.10. The maximum atomic E-state index is 13.7. The molecule has 0 N–H and O–H groups in total. The van der Waals surface area contributed by atoms with Crippen molar-refractivity contribution in [3.8, 4) is 0 Å². The molecule has 116 valence electrons. The molecule has 23 heavy (non-hydrogen) atoms. The average molecular weight is 373 g/mol. The Kier molecular flexibility index (Phi) is 4.87. The van der Waals surface area contributed by atoms with Gasteiger partial charge in [0.15, 0.2) is 11.6 Å². The zero-order valence-electron chi connectivity index (χ0n) is 12.3. The molecular weight excluding hydrogens is 358 g/mol. The molecule has 0 saturated carbocycles. The average Bonchev–Trinajstić information content (AvgIpc) is 2.58. The third-order valence-electron chi connectivity index (χ3n) is 3.93. The van der Waals surface area contributed by atoms with Crippen LogP contribution in [0.3, 0.4) is 0 Å². The summed E-state index contributed by atoms with van der Waals surface area (Å²) in [5.74, 6) is -1.66. The second-order valence-corrected chi connectivity index (χ2v) is 6.29. The van der Waals surface area contributed by atoms with E-state index < -0.39 is 11.6 Å². The van der Waals surface area contributed by atoms with Gasteiger partial charge in [0.1, 0.15) is 0 Å². The van der Waals surface area contributed by atoms with Crippen molar-refractivity contribution >= 4 is 15.9 Å². The van der Waals surface area contributed by atoms with Crippen LogP contribution in [0.2, 0.25) is 0 Å². The Hall–Kier alpha value is -2.00. The summed E-state index contributed by atoms with van der Waals surface area (Å²) in [5, 5.41) is 0. The maximum Gasteiger partial charge on any atom is 0.159 e. The van der Waals surface area contributed by atoms with Gasteiger partial charge >= 0.3 is 0 Å². The minimum Gasteiger partial charge on any atom is -0.204 e. The monoisotopic (exact) mass is 372 g/mol. The Morgan fingerprint density at radius 3 is 2.13 bits per heavy atom. The first-order valence-corrected chi connectivity index (χ1v) is 8.18. The maximum absolute atomic E-state index is 13.7. The van der Waals surface area contributed by atoms with E-state index in [-0.39, 0.29) is 5.92 Å². The van der Waals surface area contributed by atoms with E-state index in [1.165, 1.54) is 12.1 Å². The Labute approximate surface area is 142 Å². The van der Waals surface area contributed by atoms with Gasteiger partial charge in [0.2, 0.25) is 0 Å². The highest BCUT2D eigenvalue weighted by Gasteiger charge is 2.17. The number of rotatable bonds is 4. The molecule has 0 radical (unpaired) electrons. The number of benzene rings is 3. The fourth-order valence-electron chi connectivity index (χ4n) is 2.73. The second-order valence-electron chi connectivity index (χ2n) is 5.43. The van der Waals surface area contributed by atoms with Crippen LogP contribution in [0.25, 0.3) is 0 Å². The summed E-state index contributed by atoms with van der Waals surface area (Å²) in [6, 6.07) is 22.0. The van der Waals surface area contributed by atoms with E-state index in [0.29, 0.717) is 6.42 Å². The van der Waals surface area contributed by atoms with Gasteiger partial charge in [-0.3, -0.25) is 0 Å². The summed E-state index contributed by atoms with van der Waals surface area (Å²) in [7, 11) is 0. The summed E-state index contributed by atoms with van der Waals surface area (Å²) in [6.07, 6.45) is 0.705. The number of hydrogen-bond donors (Lipinski definition) is 0. The van der Waals surface area contributed by atoms with Gasteiger partial charge in [-0.05, 0) is 41.3 Å². The predicted molar refractivity (Wildman–Crippen MR) is 92.5 cm³/mol. The lowest BCUT2D eigenvalue weighted by molar-refractivity contribution is 0.506. The van der Waals surface area contributed by atoms with Gasteiger partial charge in [-0.25, -0.2) is 8.78 Å². The third-order valence-corrected chi connectivity index (χ3v) is 4.70. The zero-order valence-corrected chi connectivity index (χ0v) is 13.9. The molecule has 1 unspecified atom stereocenters. The molecule has 0 nitrogen and oxygen atoms in total. The molecule has 1 atom stereocenters. The van der Waals surface area contributed by atoms with Crippen molar-refractivity contribution in [2.45, 2.75) is 12.3 Å². The van der Waals surface area contributed by atoms with E-state index in [2.05, 4.69) is 15.9 Å². The van der Waals surface area contributed by atoms with Crippen molar-refractivity contribution < 1.29 is 8.78 Å². The first-order valence-electron chi connectivity index (χ1n) is 7.38. The lowest BCUT2D eigenvalue weighted by atomic mass is 9.86. The summed E-state index contributed by atoms with van der Waals surface area (Å²) >= 11 is 3.56. The van der Waals surface area contributed by atoms with Crippen LogP contribution in [0.1, 0.15) is 22.6 Å². The zero-order chi connectivity index (χ0) is 16.2. The van der Waals surface area contributed by atoms with Gasteiger partial charge in [-0.15, -0.1) is 0 Å². The highest BCUT2D eigenvalue weighted by Crippen LogP contribution is 2.31. The normalized spacial score (nSPS) is 12.1. The van der Waals surface area contributed by atoms with E-state index in [4.69, 9.17) is 0 Å². The van der Waals surface area contributed by atoms with Crippen LogP contribution in [-0.2, 0) is 6.42 Å². The minimum atomic E-state index is -0.818. The van der Waals surface area contributed by atoms with Gasteiger partial charge in [0.05, 0.1) is 0 Å². The molecule has 0 bridgehead atoms. The SMILES string of the molecule is Fc1ccc(C(Cc2ccccc2Br)c2ccccc2)cc1F. The standard InChI is InChI=1S/C20H15BrF2/c21-18-9-5-4-8-16(18)12-17(14-6-2-1-3-7-14)15-10-11-19(22)20(23)13-15/h1-11,13,17H,12H2. The summed E-state index contributed by atoms with van der Waals surface area (Å²) in [4.78, 5) is 0. The largest absolute Gasteiger partial charge is 0.204 e. The summed E-state index contributed by atoms with van der Waals surface area (Å²) in [5.41, 5.74) is 2.98. The lowest BCUT2D eigenvalue weighted by Gasteiger charge is -2.19. The van der Waals surface area contributed by atoms with Crippen molar-refractivity contribution in [3.63, 3.8) is 0 Å². The number of hydrogen-bond acceptors (Lipinski definition) is 0. The van der Waals surface area contributed by atoms with Crippen molar-refractivity contribution in [1.82, 2.24) is 0 Å². The highest BCUT2D eigenvalue weighted by atomic mass is 79.9. The second kappa shape index (κ2) is 7.05. The molecule has 0 saturated heterocycles. The van der Waals surface area contributed by atoms with Crippen LogP contribution in [0.4, 0.5) is 8.78 Å². The summed E-state index contributed by atoms with van der Waals surface area (Å²) < 4.78 is 28.0. The van der Waals surface area contributed by atoms with Crippen LogP contribution in [-0.4, -0.2) is 0 Å². The quantitative estimate of drug-likeness (QED) is 0.518. The first kappa shape index (κ1) is 15.9. The van der Waals surface area contributed by atoms with Crippen molar-refractivity contribution in [1.29, 1.82) is 0 Å². The van der Waals surface area contributed by atoms with Gasteiger partial charge in [0, 0.05) is 10.4 Å².